The largest absolute Gasteiger partial charge is 0.480 e. The quantitative estimate of drug-likeness (QED) is 0.840. The molecule has 1 aromatic rings. The Morgan fingerprint density at radius 3 is 1.56 bits per heavy atom. The van der Waals surface area contributed by atoms with Gasteiger partial charge in [0.25, 0.3) is 5.41 Å². The highest BCUT2D eigenvalue weighted by Gasteiger charge is 2.77. The first-order chi connectivity index (χ1) is 8.05. The molecule has 100 valence electrons. The molecule has 0 radical (unpaired) electrons. The van der Waals surface area contributed by atoms with E-state index in [9.17, 15) is 31.1 Å². The molecule has 2 nitrogen and oxygen atoms in total. The van der Waals surface area contributed by atoms with Gasteiger partial charge in [0.2, 0.25) is 0 Å². The fourth-order valence-corrected chi connectivity index (χ4v) is 1.54. The lowest BCUT2D eigenvalue weighted by atomic mass is 9.79. The molecular formula is C10H6F6O2. The Balaban J connectivity index is 3.67. The number of benzene rings is 1. The van der Waals surface area contributed by atoms with Gasteiger partial charge in [-0.25, -0.2) is 0 Å². The normalized spacial score (nSPS) is 13.4. The summed E-state index contributed by atoms with van der Waals surface area (Å²) >= 11 is 0. The minimum Gasteiger partial charge on any atom is -0.480 e. The Bertz CT molecular complexity index is 420. The fraction of sp³-hybridized carbons (Fsp3) is 0.300. The zero-order valence-electron chi connectivity index (χ0n) is 8.51. The molecular weight excluding hydrogens is 266 g/mol. The highest BCUT2D eigenvalue weighted by Crippen LogP contribution is 2.52. The molecule has 8 heteroatoms. The minimum atomic E-state index is -6.00. The van der Waals surface area contributed by atoms with Gasteiger partial charge in [-0.05, 0) is 5.56 Å². The van der Waals surface area contributed by atoms with Crippen LogP contribution in [0.1, 0.15) is 5.56 Å². The number of rotatable bonds is 2. The summed E-state index contributed by atoms with van der Waals surface area (Å²) < 4.78 is 76.2. The van der Waals surface area contributed by atoms with Crippen molar-refractivity contribution in [1.29, 1.82) is 0 Å². The van der Waals surface area contributed by atoms with Crippen molar-refractivity contribution >= 4 is 5.97 Å². The zero-order valence-corrected chi connectivity index (χ0v) is 8.51. The van der Waals surface area contributed by atoms with Crippen LogP contribution in [0.25, 0.3) is 0 Å². The number of carboxylic acid groups (broad SMARTS) is 1. The molecule has 0 aromatic heterocycles. The molecule has 0 aliphatic rings. The third kappa shape index (κ3) is 1.91. The van der Waals surface area contributed by atoms with Crippen molar-refractivity contribution < 1.29 is 36.2 Å². The van der Waals surface area contributed by atoms with Crippen molar-refractivity contribution in [3.63, 3.8) is 0 Å². The third-order valence-electron chi connectivity index (χ3n) is 2.38. The molecule has 0 fully saturated rings. The van der Waals surface area contributed by atoms with E-state index in [1.165, 1.54) is 6.07 Å². The lowest BCUT2D eigenvalue weighted by Crippen LogP contribution is -2.59. The molecule has 0 spiro atoms. The van der Waals surface area contributed by atoms with Gasteiger partial charge in [-0.1, -0.05) is 30.3 Å². The average Bonchev–Trinajstić information content (AvgIpc) is 2.14. The Hall–Kier alpha value is -1.73. The van der Waals surface area contributed by atoms with Crippen molar-refractivity contribution in [2.45, 2.75) is 17.8 Å². The fourth-order valence-electron chi connectivity index (χ4n) is 1.54. The van der Waals surface area contributed by atoms with Crippen LogP contribution in [0.15, 0.2) is 30.3 Å². The second-order valence-electron chi connectivity index (χ2n) is 3.42. The number of halogens is 6. The number of hydrogen-bond donors (Lipinski definition) is 1. The van der Waals surface area contributed by atoms with Crippen LogP contribution in [0.3, 0.4) is 0 Å². The van der Waals surface area contributed by atoms with Crippen molar-refractivity contribution in [3.05, 3.63) is 35.9 Å². The van der Waals surface area contributed by atoms with E-state index in [1.54, 1.807) is 0 Å². The van der Waals surface area contributed by atoms with Crippen LogP contribution in [-0.4, -0.2) is 23.4 Å². The van der Waals surface area contributed by atoms with E-state index in [0.29, 0.717) is 12.1 Å². The van der Waals surface area contributed by atoms with Gasteiger partial charge in [-0.15, -0.1) is 0 Å². The first-order valence-corrected chi connectivity index (χ1v) is 4.47. The molecule has 1 rings (SSSR count). The molecule has 1 N–H and O–H groups in total. The Morgan fingerprint density at radius 2 is 1.28 bits per heavy atom. The highest BCUT2D eigenvalue weighted by molar-refractivity contribution is 5.84. The van der Waals surface area contributed by atoms with E-state index in [1.807, 2.05) is 0 Å². The molecule has 0 heterocycles. The molecule has 0 atom stereocenters. The number of carbonyl (C=O) groups is 1. The smallest absolute Gasteiger partial charge is 0.417 e. The molecule has 0 aliphatic heterocycles. The van der Waals surface area contributed by atoms with Crippen LogP contribution in [-0.2, 0) is 10.2 Å². The zero-order chi connectivity index (χ0) is 14.2. The Labute approximate surface area is 96.8 Å². The van der Waals surface area contributed by atoms with Gasteiger partial charge in [-0.2, -0.15) is 26.3 Å². The predicted octanol–water partition coefficient (Wildman–Crippen LogP) is 3.13. The lowest BCUT2D eigenvalue weighted by molar-refractivity contribution is -0.297. The molecule has 0 saturated carbocycles. The standard InChI is InChI=1S/C10H6F6O2/c11-9(12,13)8(7(17)18,10(14,15)16)6-4-2-1-3-5-6/h1-5H,(H,17,18). The van der Waals surface area contributed by atoms with Gasteiger partial charge >= 0.3 is 18.3 Å². The molecule has 0 unspecified atom stereocenters. The van der Waals surface area contributed by atoms with E-state index in [4.69, 9.17) is 5.11 Å². The van der Waals surface area contributed by atoms with Crippen LogP contribution < -0.4 is 0 Å². The number of carboxylic acids is 1. The van der Waals surface area contributed by atoms with Gasteiger partial charge < -0.3 is 5.11 Å². The van der Waals surface area contributed by atoms with E-state index in [-0.39, 0.29) is 0 Å². The number of hydrogen-bond acceptors (Lipinski definition) is 1. The summed E-state index contributed by atoms with van der Waals surface area (Å²) in [4.78, 5) is 10.7. The molecule has 0 amide bonds. The summed E-state index contributed by atoms with van der Waals surface area (Å²) in [6, 6.07) is 3.96. The van der Waals surface area contributed by atoms with Crippen LogP contribution in [0.5, 0.6) is 0 Å². The maximum Gasteiger partial charge on any atom is 0.417 e. The molecule has 18 heavy (non-hydrogen) atoms. The van der Waals surface area contributed by atoms with E-state index < -0.39 is 29.3 Å². The summed E-state index contributed by atoms with van der Waals surface area (Å²) in [6.45, 7) is 0. The Kier molecular flexibility index (Phi) is 3.33. The SMILES string of the molecule is O=C(O)C(c1ccccc1)(C(F)(F)F)C(F)(F)F. The predicted molar refractivity (Wildman–Crippen MR) is 47.9 cm³/mol. The van der Waals surface area contributed by atoms with Crippen LogP contribution in [0, 0.1) is 0 Å². The van der Waals surface area contributed by atoms with Gasteiger partial charge in [0.1, 0.15) is 0 Å². The van der Waals surface area contributed by atoms with Gasteiger partial charge in [0, 0.05) is 0 Å². The second kappa shape index (κ2) is 4.18. The summed E-state index contributed by atoms with van der Waals surface area (Å²) in [5.41, 5.74) is -6.29. The monoisotopic (exact) mass is 272 g/mol. The number of aliphatic carboxylic acids is 1. The maximum absolute atomic E-state index is 12.7. The maximum atomic E-state index is 12.7. The minimum absolute atomic E-state index is 0.481. The Morgan fingerprint density at radius 1 is 0.889 bits per heavy atom. The number of alkyl halides is 6. The topological polar surface area (TPSA) is 37.3 Å². The van der Waals surface area contributed by atoms with E-state index in [0.717, 1.165) is 12.1 Å². The highest BCUT2D eigenvalue weighted by atomic mass is 19.4. The van der Waals surface area contributed by atoms with Crippen molar-refractivity contribution in [2.24, 2.45) is 0 Å². The molecule has 1 aromatic carbocycles. The van der Waals surface area contributed by atoms with Crippen molar-refractivity contribution in [3.8, 4) is 0 Å². The van der Waals surface area contributed by atoms with Crippen LogP contribution in [0.4, 0.5) is 26.3 Å². The molecule has 0 saturated heterocycles. The van der Waals surface area contributed by atoms with Gasteiger partial charge in [0.05, 0.1) is 0 Å². The van der Waals surface area contributed by atoms with Crippen molar-refractivity contribution in [2.75, 3.05) is 0 Å². The first-order valence-electron chi connectivity index (χ1n) is 4.47. The molecule has 0 aliphatic carbocycles. The first kappa shape index (κ1) is 14.3. The second-order valence-corrected chi connectivity index (χ2v) is 3.42. The van der Waals surface area contributed by atoms with E-state index in [2.05, 4.69) is 0 Å². The van der Waals surface area contributed by atoms with Gasteiger partial charge in [0.15, 0.2) is 0 Å². The summed E-state index contributed by atoms with van der Waals surface area (Å²) in [6.07, 6.45) is -12.0. The van der Waals surface area contributed by atoms with Crippen LogP contribution in [0.2, 0.25) is 0 Å². The molecule has 0 bridgehead atoms. The summed E-state index contributed by atoms with van der Waals surface area (Å²) in [5.74, 6) is -3.01. The van der Waals surface area contributed by atoms with Crippen LogP contribution >= 0.6 is 0 Å². The summed E-state index contributed by atoms with van der Waals surface area (Å²) in [5, 5.41) is 8.51. The third-order valence-corrected chi connectivity index (χ3v) is 2.38. The lowest BCUT2D eigenvalue weighted by Gasteiger charge is -2.33. The summed E-state index contributed by atoms with van der Waals surface area (Å²) in [7, 11) is 0. The average molecular weight is 272 g/mol. The van der Waals surface area contributed by atoms with Gasteiger partial charge in [-0.3, -0.25) is 4.79 Å². The van der Waals surface area contributed by atoms with Crippen molar-refractivity contribution in [1.82, 2.24) is 0 Å². The van der Waals surface area contributed by atoms with E-state index >= 15 is 0 Å².